The van der Waals surface area contributed by atoms with Crippen molar-refractivity contribution in [3.63, 3.8) is 0 Å². The summed E-state index contributed by atoms with van der Waals surface area (Å²) in [6.07, 6.45) is 0.811. The first-order valence-corrected chi connectivity index (χ1v) is 9.09. The van der Waals surface area contributed by atoms with E-state index in [2.05, 4.69) is 17.0 Å². The van der Waals surface area contributed by atoms with Crippen LogP contribution < -0.4 is 5.73 Å². The van der Waals surface area contributed by atoms with E-state index in [-0.39, 0.29) is 60.2 Å². The summed E-state index contributed by atoms with van der Waals surface area (Å²) in [5.41, 5.74) is 8.60. The summed E-state index contributed by atoms with van der Waals surface area (Å²) in [4.78, 5) is 17.0. The average molecular weight is 462 g/mol. The number of nitrogen functional groups attached to an aromatic ring is 1. The zero-order valence-corrected chi connectivity index (χ0v) is 18.7. The second-order valence-corrected chi connectivity index (χ2v) is 7.01. The van der Waals surface area contributed by atoms with E-state index in [0.717, 1.165) is 24.1 Å². The van der Waals surface area contributed by atoms with Gasteiger partial charge in [-0.3, -0.25) is 9.69 Å². The molecule has 0 radical (unpaired) electrons. The molecule has 2 atom stereocenters. The Kier molecular flexibility index (Phi) is 14.3. The van der Waals surface area contributed by atoms with Gasteiger partial charge in [0.2, 0.25) is 5.91 Å². The van der Waals surface area contributed by atoms with Gasteiger partial charge in [-0.1, -0.05) is 48.5 Å². The van der Waals surface area contributed by atoms with Crippen LogP contribution in [0.5, 0.6) is 0 Å². The molecule has 1 aliphatic heterocycles. The summed E-state index contributed by atoms with van der Waals surface area (Å²) < 4.78 is 0. The van der Waals surface area contributed by atoms with Crippen molar-refractivity contribution in [2.24, 2.45) is 0 Å². The first kappa shape index (κ1) is 30.3. The maximum absolute atomic E-state index is 12.9. The molecule has 170 valence electrons. The van der Waals surface area contributed by atoms with Gasteiger partial charge in [0.25, 0.3) is 0 Å². The number of para-hydroxylation sites is 1. The van der Waals surface area contributed by atoms with Crippen molar-refractivity contribution in [1.82, 2.24) is 9.80 Å². The minimum atomic E-state index is -0.267. The molecule has 1 fully saturated rings. The van der Waals surface area contributed by atoms with Crippen LogP contribution in [0.4, 0.5) is 5.69 Å². The van der Waals surface area contributed by atoms with Crippen molar-refractivity contribution in [3.05, 3.63) is 65.7 Å². The predicted octanol–water partition coefficient (Wildman–Crippen LogP) is 1.27. The lowest BCUT2D eigenvalue weighted by Crippen LogP contribution is -2.39. The van der Waals surface area contributed by atoms with Crippen LogP contribution in [0.15, 0.2) is 54.6 Å². The lowest BCUT2D eigenvalue weighted by atomic mass is 10.0. The Balaban J connectivity index is 0. The normalized spacial score (nSPS) is 16.1. The molecule has 0 bridgehead atoms. The number of nitrogens with zero attached hydrogens (tertiary/aromatic N) is 2. The van der Waals surface area contributed by atoms with E-state index in [9.17, 15) is 9.90 Å². The number of likely N-dealkylation sites (N-methyl/N-ethyl adjacent to an activating group) is 1. The fourth-order valence-electron chi connectivity index (χ4n) is 3.51. The Morgan fingerprint density at radius 1 is 1.13 bits per heavy atom. The summed E-state index contributed by atoms with van der Waals surface area (Å²) >= 11 is 0. The summed E-state index contributed by atoms with van der Waals surface area (Å²) in [7, 11) is 1.85. The molecular formula is C21H33Cl2N3O4. The Morgan fingerprint density at radius 2 is 1.73 bits per heavy atom. The number of nitrogens with two attached hydrogens (primary N) is 1. The van der Waals surface area contributed by atoms with Crippen molar-refractivity contribution < 1.29 is 20.9 Å². The highest BCUT2D eigenvalue weighted by molar-refractivity contribution is 5.85. The monoisotopic (exact) mass is 461 g/mol. The number of rotatable bonds is 6. The molecule has 1 saturated heterocycles. The highest BCUT2D eigenvalue weighted by Gasteiger charge is 2.28. The van der Waals surface area contributed by atoms with Gasteiger partial charge in [-0.05, 0) is 23.6 Å². The summed E-state index contributed by atoms with van der Waals surface area (Å²) in [5.74, 6) is 0.0384. The summed E-state index contributed by atoms with van der Waals surface area (Å²) in [5, 5.41) is 9.82. The number of amides is 1. The number of carbonyl (C=O) groups is 1. The molecule has 0 aliphatic carbocycles. The van der Waals surface area contributed by atoms with E-state index in [1.807, 2.05) is 54.4 Å². The van der Waals surface area contributed by atoms with Crippen LogP contribution in [-0.4, -0.2) is 64.6 Å². The van der Waals surface area contributed by atoms with Crippen LogP contribution in [0, 0.1) is 0 Å². The lowest BCUT2D eigenvalue weighted by Gasteiger charge is -2.32. The molecule has 9 heteroatoms. The third-order valence-electron chi connectivity index (χ3n) is 5.12. The van der Waals surface area contributed by atoms with Crippen molar-refractivity contribution in [3.8, 4) is 0 Å². The first-order chi connectivity index (χ1) is 12.5. The Bertz CT molecular complexity index is 752. The van der Waals surface area contributed by atoms with Gasteiger partial charge in [-0.25, -0.2) is 0 Å². The molecule has 1 unspecified atom stereocenters. The van der Waals surface area contributed by atoms with Crippen molar-refractivity contribution in [2.45, 2.75) is 25.0 Å². The standard InChI is InChI=1S/C21H27N3O2.2ClH.2H2O/c1-23(21(26)13-17-9-5-6-10-19(17)22)20(16-7-3-2-4-8-16)15-24-12-11-18(25)14-24;;;;/h2-10,18,20,25H,11-15,22H2,1H3;2*1H;2*1H2/t18?,20-;;;;/m0..../s1. The number of hydrogen-bond donors (Lipinski definition) is 2. The van der Waals surface area contributed by atoms with Gasteiger partial charge < -0.3 is 26.7 Å². The van der Waals surface area contributed by atoms with E-state index >= 15 is 0 Å². The predicted molar refractivity (Wildman–Crippen MR) is 125 cm³/mol. The van der Waals surface area contributed by atoms with Crippen LogP contribution in [0.25, 0.3) is 0 Å². The largest absolute Gasteiger partial charge is 0.412 e. The zero-order valence-electron chi connectivity index (χ0n) is 17.0. The van der Waals surface area contributed by atoms with E-state index in [0.29, 0.717) is 18.8 Å². The minimum absolute atomic E-state index is 0. The van der Waals surface area contributed by atoms with Gasteiger partial charge in [0, 0.05) is 32.4 Å². The van der Waals surface area contributed by atoms with Gasteiger partial charge in [0.1, 0.15) is 0 Å². The fraction of sp³-hybridized carbons (Fsp3) is 0.381. The number of hydrogen-bond acceptors (Lipinski definition) is 4. The number of aliphatic hydroxyl groups excluding tert-OH is 1. The van der Waals surface area contributed by atoms with Crippen LogP contribution >= 0.6 is 24.8 Å². The maximum atomic E-state index is 12.9. The smallest absolute Gasteiger partial charge is 0.227 e. The number of carbonyl (C=O) groups excluding carboxylic acids is 1. The number of anilines is 1. The number of benzene rings is 2. The second kappa shape index (κ2) is 14.2. The number of aliphatic hydroxyl groups is 1. The Labute approximate surface area is 190 Å². The van der Waals surface area contributed by atoms with Crippen molar-refractivity contribution in [1.29, 1.82) is 0 Å². The molecule has 0 saturated carbocycles. The minimum Gasteiger partial charge on any atom is -0.412 e. The molecule has 2 aromatic carbocycles. The Morgan fingerprint density at radius 3 is 2.30 bits per heavy atom. The topological polar surface area (TPSA) is 133 Å². The first-order valence-electron chi connectivity index (χ1n) is 9.09. The van der Waals surface area contributed by atoms with Gasteiger partial charge in [0.15, 0.2) is 0 Å². The quantitative estimate of drug-likeness (QED) is 0.626. The third kappa shape index (κ3) is 7.75. The molecule has 1 amide bonds. The molecule has 7 N–H and O–H groups in total. The molecule has 1 aliphatic rings. The SMILES string of the molecule is CN(C(=O)Cc1ccccc1N)[C@@H](CN1CCC(O)C1)c1ccccc1.Cl.Cl.O.O. The molecule has 30 heavy (non-hydrogen) atoms. The van der Waals surface area contributed by atoms with Gasteiger partial charge in [0.05, 0.1) is 18.6 Å². The molecule has 0 spiro atoms. The van der Waals surface area contributed by atoms with Gasteiger partial charge in [-0.2, -0.15) is 0 Å². The highest BCUT2D eigenvalue weighted by atomic mass is 35.5. The van der Waals surface area contributed by atoms with Crippen LogP contribution in [0.1, 0.15) is 23.6 Å². The van der Waals surface area contributed by atoms with Crippen molar-refractivity contribution >= 4 is 36.4 Å². The molecule has 2 aromatic rings. The fourth-order valence-corrected chi connectivity index (χ4v) is 3.51. The number of β-amino-alcohol motifs (C(OH)–C–C–N with tert-alkyl or cyclic N) is 1. The molecular weight excluding hydrogens is 429 g/mol. The van der Waals surface area contributed by atoms with E-state index in [1.54, 1.807) is 0 Å². The summed E-state index contributed by atoms with van der Waals surface area (Å²) in [6.45, 7) is 2.24. The van der Waals surface area contributed by atoms with Gasteiger partial charge >= 0.3 is 0 Å². The maximum Gasteiger partial charge on any atom is 0.227 e. The second-order valence-electron chi connectivity index (χ2n) is 7.01. The van der Waals surface area contributed by atoms with Crippen LogP contribution in [0.2, 0.25) is 0 Å². The Hall–Kier alpha value is -1.87. The number of likely N-dealkylation sites (tertiary alicyclic amines) is 1. The molecule has 7 nitrogen and oxygen atoms in total. The van der Waals surface area contributed by atoms with Crippen LogP contribution in [0.3, 0.4) is 0 Å². The van der Waals surface area contributed by atoms with E-state index in [4.69, 9.17) is 5.73 Å². The van der Waals surface area contributed by atoms with Crippen molar-refractivity contribution in [2.75, 3.05) is 32.4 Å². The molecule has 1 heterocycles. The van der Waals surface area contributed by atoms with Gasteiger partial charge in [-0.15, -0.1) is 24.8 Å². The molecule has 3 rings (SSSR count). The lowest BCUT2D eigenvalue weighted by molar-refractivity contribution is -0.131. The van der Waals surface area contributed by atoms with E-state index in [1.165, 1.54) is 0 Å². The number of halogens is 2. The highest BCUT2D eigenvalue weighted by Crippen LogP contribution is 2.24. The summed E-state index contributed by atoms with van der Waals surface area (Å²) in [6, 6.07) is 17.5. The third-order valence-corrected chi connectivity index (χ3v) is 5.12. The van der Waals surface area contributed by atoms with E-state index < -0.39 is 0 Å². The average Bonchev–Trinajstić information content (AvgIpc) is 3.06. The zero-order chi connectivity index (χ0) is 18.5. The molecule has 0 aromatic heterocycles. The van der Waals surface area contributed by atoms with Crippen LogP contribution in [-0.2, 0) is 11.2 Å².